The number of hydrogen-bond donors (Lipinski definition) is 1. The smallest absolute Gasteiger partial charge is 0.331 e. The van der Waals surface area contributed by atoms with Crippen molar-refractivity contribution in [3.8, 4) is 0 Å². The van der Waals surface area contributed by atoms with Crippen molar-refractivity contribution >= 4 is 16.8 Å². The van der Waals surface area contributed by atoms with Gasteiger partial charge in [0.1, 0.15) is 6.04 Å². The second kappa shape index (κ2) is 8.67. The number of para-hydroxylation sites is 1. The van der Waals surface area contributed by atoms with Crippen molar-refractivity contribution in [3.05, 3.63) is 81.0 Å². The summed E-state index contributed by atoms with van der Waals surface area (Å²) in [6.07, 6.45) is 2.08. The number of carbonyl (C=O) groups excluding carboxylic acids is 1. The molecule has 7 nitrogen and oxygen atoms in total. The van der Waals surface area contributed by atoms with Crippen molar-refractivity contribution in [3.63, 3.8) is 0 Å². The molecule has 156 valence electrons. The molecule has 3 aromatic rings. The van der Waals surface area contributed by atoms with Gasteiger partial charge in [-0.25, -0.2) is 9.36 Å². The first-order chi connectivity index (χ1) is 14.6. The van der Waals surface area contributed by atoms with Crippen molar-refractivity contribution in [2.75, 3.05) is 13.2 Å². The summed E-state index contributed by atoms with van der Waals surface area (Å²) in [5.74, 6) is -0.358. The number of fused-ring (bicyclic) bond motifs is 1. The van der Waals surface area contributed by atoms with E-state index in [4.69, 9.17) is 4.74 Å². The fourth-order valence-corrected chi connectivity index (χ4v) is 3.98. The van der Waals surface area contributed by atoms with Gasteiger partial charge in [0.2, 0.25) is 5.91 Å². The Bertz CT molecular complexity index is 1160. The van der Waals surface area contributed by atoms with E-state index in [2.05, 4.69) is 5.32 Å². The van der Waals surface area contributed by atoms with Crippen LogP contribution in [0.3, 0.4) is 0 Å². The minimum atomic E-state index is -0.954. The van der Waals surface area contributed by atoms with E-state index >= 15 is 0 Å². The molecule has 4 rings (SSSR count). The van der Waals surface area contributed by atoms with Gasteiger partial charge >= 0.3 is 5.69 Å². The summed E-state index contributed by atoms with van der Waals surface area (Å²) in [4.78, 5) is 39.5. The SMILES string of the molecule is Cn1c(=O)n([C@@H](Cc2ccccc2)C(=O)NC[C@H]2CCCO2)c(=O)c2ccccc21. The zero-order valence-corrected chi connectivity index (χ0v) is 16.9. The minimum absolute atomic E-state index is 0.0255. The molecule has 1 aromatic heterocycles. The molecule has 2 aromatic carbocycles. The number of ether oxygens (including phenoxy) is 1. The topological polar surface area (TPSA) is 82.3 Å². The van der Waals surface area contributed by atoms with E-state index in [1.54, 1.807) is 31.3 Å². The lowest BCUT2D eigenvalue weighted by Crippen LogP contribution is -2.48. The van der Waals surface area contributed by atoms with E-state index in [0.717, 1.165) is 23.0 Å². The van der Waals surface area contributed by atoms with Crippen molar-refractivity contribution in [2.24, 2.45) is 7.05 Å². The largest absolute Gasteiger partial charge is 0.376 e. The first-order valence-corrected chi connectivity index (χ1v) is 10.2. The molecule has 0 spiro atoms. The predicted octanol–water partition coefficient (Wildman–Crippen LogP) is 1.78. The number of hydrogen-bond acceptors (Lipinski definition) is 4. The van der Waals surface area contributed by atoms with Gasteiger partial charge in [-0.3, -0.25) is 14.2 Å². The summed E-state index contributed by atoms with van der Waals surface area (Å²) in [5.41, 5.74) is 0.452. The molecule has 1 N–H and O–H groups in total. The molecule has 0 bridgehead atoms. The van der Waals surface area contributed by atoms with E-state index in [1.807, 2.05) is 30.3 Å². The van der Waals surface area contributed by atoms with Crippen LogP contribution >= 0.6 is 0 Å². The van der Waals surface area contributed by atoms with Crippen LogP contribution in [0.5, 0.6) is 0 Å². The summed E-state index contributed by atoms with van der Waals surface area (Å²) in [7, 11) is 1.62. The van der Waals surface area contributed by atoms with Gasteiger partial charge in [-0.15, -0.1) is 0 Å². The molecular weight excluding hydrogens is 382 g/mol. The second-order valence-corrected chi connectivity index (χ2v) is 7.62. The zero-order valence-electron chi connectivity index (χ0n) is 16.9. The van der Waals surface area contributed by atoms with Crippen LogP contribution < -0.4 is 16.6 Å². The summed E-state index contributed by atoms with van der Waals surface area (Å²) in [6.45, 7) is 1.06. The van der Waals surface area contributed by atoms with Gasteiger partial charge in [-0.2, -0.15) is 0 Å². The average molecular weight is 407 g/mol. The number of aromatic nitrogens is 2. The molecule has 2 atom stereocenters. The standard InChI is InChI=1S/C23H25N3O4/c1-25-19-12-6-5-11-18(19)22(28)26(23(25)29)20(14-16-8-3-2-4-9-16)21(27)24-15-17-10-7-13-30-17/h2-6,8-9,11-12,17,20H,7,10,13-15H2,1H3,(H,24,27)/t17-,20+/m1/s1. The van der Waals surface area contributed by atoms with Crippen molar-refractivity contribution in [2.45, 2.75) is 31.4 Å². The van der Waals surface area contributed by atoms with Crippen LogP contribution in [0, 0.1) is 0 Å². The molecule has 1 amide bonds. The van der Waals surface area contributed by atoms with Crippen LogP contribution in [0.15, 0.2) is 64.2 Å². The van der Waals surface area contributed by atoms with Gasteiger partial charge in [0.05, 0.1) is 17.0 Å². The molecule has 2 heterocycles. The van der Waals surface area contributed by atoms with Gasteiger partial charge in [0.25, 0.3) is 5.56 Å². The lowest BCUT2D eigenvalue weighted by Gasteiger charge is -2.21. The maximum absolute atomic E-state index is 13.2. The molecule has 30 heavy (non-hydrogen) atoms. The Balaban J connectivity index is 1.76. The highest BCUT2D eigenvalue weighted by atomic mass is 16.5. The van der Waals surface area contributed by atoms with Gasteiger partial charge < -0.3 is 10.1 Å². The first kappa shape index (κ1) is 20.1. The third-order valence-corrected chi connectivity index (χ3v) is 5.62. The Morgan fingerprint density at radius 3 is 2.60 bits per heavy atom. The van der Waals surface area contributed by atoms with Crippen LogP contribution in [-0.2, 0) is 23.0 Å². The van der Waals surface area contributed by atoms with Crippen LogP contribution in [0.4, 0.5) is 0 Å². The number of nitrogens with zero attached hydrogens (tertiary/aromatic N) is 2. The van der Waals surface area contributed by atoms with Gasteiger partial charge in [0.15, 0.2) is 0 Å². The number of nitrogens with one attached hydrogen (secondary N) is 1. The highest BCUT2D eigenvalue weighted by Gasteiger charge is 2.27. The molecule has 1 fully saturated rings. The maximum atomic E-state index is 13.2. The Hall–Kier alpha value is -3.19. The number of amides is 1. The molecule has 1 saturated heterocycles. The quantitative estimate of drug-likeness (QED) is 0.675. The van der Waals surface area contributed by atoms with Crippen LogP contribution in [-0.4, -0.2) is 34.3 Å². The Labute approximate surface area is 173 Å². The molecule has 7 heteroatoms. The molecule has 1 aliphatic heterocycles. The summed E-state index contributed by atoms with van der Waals surface area (Å²) >= 11 is 0. The highest BCUT2D eigenvalue weighted by molar-refractivity contribution is 5.82. The number of rotatable bonds is 6. The average Bonchev–Trinajstić information content (AvgIpc) is 3.30. The lowest BCUT2D eigenvalue weighted by atomic mass is 10.0. The van der Waals surface area contributed by atoms with E-state index < -0.39 is 17.3 Å². The van der Waals surface area contributed by atoms with E-state index in [0.29, 0.717) is 24.1 Å². The Kier molecular flexibility index (Phi) is 5.81. The Morgan fingerprint density at radius 1 is 1.13 bits per heavy atom. The molecule has 0 unspecified atom stereocenters. The summed E-state index contributed by atoms with van der Waals surface area (Å²) in [5, 5.41) is 3.30. The maximum Gasteiger partial charge on any atom is 0.331 e. The molecule has 0 aliphatic carbocycles. The van der Waals surface area contributed by atoms with Crippen molar-refractivity contribution in [1.82, 2.24) is 14.5 Å². The van der Waals surface area contributed by atoms with Crippen LogP contribution in [0.25, 0.3) is 10.9 Å². The molecule has 0 saturated carbocycles. The van der Waals surface area contributed by atoms with Gasteiger partial charge in [0, 0.05) is 26.6 Å². The third-order valence-electron chi connectivity index (χ3n) is 5.62. The number of benzene rings is 2. The monoisotopic (exact) mass is 407 g/mol. The number of carbonyl (C=O) groups is 1. The third kappa shape index (κ3) is 3.93. The fraction of sp³-hybridized carbons (Fsp3) is 0.348. The first-order valence-electron chi connectivity index (χ1n) is 10.2. The second-order valence-electron chi connectivity index (χ2n) is 7.62. The van der Waals surface area contributed by atoms with E-state index in [9.17, 15) is 14.4 Å². The van der Waals surface area contributed by atoms with E-state index in [1.165, 1.54) is 4.57 Å². The summed E-state index contributed by atoms with van der Waals surface area (Å²) in [6, 6.07) is 15.4. The molecule has 0 radical (unpaired) electrons. The van der Waals surface area contributed by atoms with E-state index in [-0.39, 0.29) is 18.4 Å². The van der Waals surface area contributed by atoms with Gasteiger partial charge in [-0.1, -0.05) is 42.5 Å². The zero-order chi connectivity index (χ0) is 21.1. The van der Waals surface area contributed by atoms with Crippen molar-refractivity contribution < 1.29 is 9.53 Å². The predicted molar refractivity (Wildman–Crippen MR) is 115 cm³/mol. The molecular formula is C23H25N3O4. The lowest BCUT2D eigenvalue weighted by molar-refractivity contribution is -0.125. The Morgan fingerprint density at radius 2 is 1.87 bits per heavy atom. The molecule has 1 aliphatic rings. The number of aryl methyl sites for hydroxylation is 1. The van der Waals surface area contributed by atoms with Crippen LogP contribution in [0.2, 0.25) is 0 Å². The van der Waals surface area contributed by atoms with Crippen LogP contribution in [0.1, 0.15) is 24.4 Å². The summed E-state index contributed by atoms with van der Waals surface area (Å²) < 4.78 is 8.08. The van der Waals surface area contributed by atoms with Gasteiger partial charge in [-0.05, 0) is 30.5 Å². The fourth-order valence-electron chi connectivity index (χ4n) is 3.98. The van der Waals surface area contributed by atoms with Crippen molar-refractivity contribution in [1.29, 1.82) is 0 Å². The minimum Gasteiger partial charge on any atom is -0.376 e. The normalized spacial score (nSPS) is 17.2. The highest BCUT2D eigenvalue weighted by Crippen LogP contribution is 2.15.